The van der Waals surface area contributed by atoms with E-state index in [1.54, 1.807) is 37.2 Å². The van der Waals surface area contributed by atoms with Crippen LogP contribution in [0, 0.1) is 0 Å². The number of carbonyl (C=O) groups excluding carboxylic acids is 1. The van der Waals surface area contributed by atoms with Crippen LogP contribution in [-0.4, -0.2) is 73.5 Å². The fourth-order valence-electron chi connectivity index (χ4n) is 2.77. The molecule has 29 heavy (non-hydrogen) atoms. The molecule has 0 spiro atoms. The molecule has 158 valence electrons. The lowest BCUT2D eigenvalue weighted by Gasteiger charge is -2.24. The summed E-state index contributed by atoms with van der Waals surface area (Å²) in [5, 5.41) is 2.76. The van der Waals surface area contributed by atoms with Gasteiger partial charge in [0.1, 0.15) is 17.2 Å². The maximum atomic E-state index is 12.7. The molecule has 0 bridgehead atoms. The lowest BCUT2D eigenvalue weighted by atomic mass is 10.2. The van der Waals surface area contributed by atoms with Crippen molar-refractivity contribution in [1.29, 1.82) is 0 Å². The number of nitrogens with zero attached hydrogens (tertiary/aromatic N) is 2. The Bertz CT molecular complexity index is 926. The molecule has 3 heterocycles. The maximum absolute atomic E-state index is 12.7. The zero-order chi connectivity index (χ0) is 20.7. The highest BCUT2D eigenvalue weighted by Crippen LogP contribution is 2.21. The Kier molecular flexibility index (Phi) is 7.53. The quantitative estimate of drug-likeness (QED) is 0.561. The molecule has 0 radical (unpaired) electrons. The Morgan fingerprint density at radius 3 is 2.90 bits per heavy atom. The van der Waals surface area contributed by atoms with Crippen LogP contribution in [0.3, 0.4) is 0 Å². The van der Waals surface area contributed by atoms with Gasteiger partial charge in [-0.15, -0.1) is 0 Å². The van der Waals surface area contributed by atoms with E-state index in [9.17, 15) is 13.2 Å². The van der Waals surface area contributed by atoms with Crippen LogP contribution in [0.15, 0.2) is 35.5 Å². The van der Waals surface area contributed by atoms with Crippen molar-refractivity contribution in [2.45, 2.75) is 11.4 Å². The summed E-state index contributed by atoms with van der Waals surface area (Å²) in [6.45, 7) is 1.93. The number of nitrogens with one attached hydrogen (secondary N) is 2. The van der Waals surface area contributed by atoms with Crippen LogP contribution >= 0.6 is 11.8 Å². The van der Waals surface area contributed by atoms with Crippen molar-refractivity contribution >= 4 is 27.7 Å². The van der Waals surface area contributed by atoms with E-state index in [0.29, 0.717) is 37.7 Å². The molecular weight excluding hydrogens is 416 g/mol. The summed E-state index contributed by atoms with van der Waals surface area (Å²) in [5.74, 6) is 1.56. The Morgan fingerprint density at radius 2 is 2.14 bits per heavy atom. The average Bonchev–Trinajstić information content (AvgIpc) is 3.25. The normalized spacial score (nSPS) is 15.2. The number of amides is 1. The van der Waals surface area contributed by atoms with Gasteiger partial charge in [-0.1, -0.05) is 6.07 Å². The van der Waals surface area contributed by atoms with Crippen LogP contribution in [-0.2, 0) is 21.3 Å². The number of hydrogen-bond donors (Lipinski definition) is 2. The summed E-state index contributed by atoms with van der Waals surface area (Å²) in [6.07, 6.45) is 2.96. The fourth-order valence-corrected chi connectivity index (χ4v) is 5.34. The third-order valence-corrected chi connectivity index (χ3v) is 7.14. The molecule has 0 unspecified atom stereocenters. The number of aromatic amines is 1. The molecule has 9 nitrogen and oxygen atoms in total. The Balaban J connectivity index is 1.63. The average molecular weight is 441 g/mol. The largest absolute Gasteiger partial charge is 0.475 e. The molecule has 1 amide bonds. The highest BCUT2D eigenvalue weighted by atomic mass is 32.2. The number of ether oxygens (including phenoxy) is 2. The van der Waals surface area contributed by atoms with Gasteiger partial charge in [0, 0.05) is 56.2 Å². The first kappa shape index (κ1) is 21.6. The monoisotopic (exact) mass is 440 g/mol. The lowest BCUT2D eigenvalue weighted by Crippen LogP contribution is -2.37. The molecule has 2 aromatic heterocycles. The molecule has 0 aliphatic carbocycles. The minimum absolute atomic E-state index is 0.0968. The number of methoxy groups -OCH3 is 1. The number of H-pyrrole nitrogens is 1. The standard InChI is InChI=1S/C18H24N4O5S2/c1-26-7-8-27-18-14(3-2-4-19-18)12-21-17(23)16-11-15(13-20-16)29(24,25)22-5-9-28-10-6-22/h2-4,11,13,20H,5-10,12H2,1H3,(H,21,23). The third kappa shape index (κ3) is 5.50. The van der Waals surface area contributed by atoms with Crippen LogP contribution in [0.1, 0.15) is 16.1 Å². The van der Waals surface area contributed by atoms with Crippen LogP contribution < -0.4 is 10.1 Å². The van der Waals surface area contributed by atoms with Gasteiger partial charge in [0.25, 0.3) is 5.91 Å². The number of hydrogen-bond acceptors (Lipinski definition) is 7. The zero-order valence-electron chi connectivity index (χ0n) is 16.1. The van der Waals surface area contributed by atoms with Gasteiger partial charge in [0.15, 0.2) is 0 Å². The van der Waals surface area contributed by atoms with E-state index < -0.39 is 15.9 Å². The highest BCUT2D eigenvalue weighted by molar-refractivity contribution is 7.99. The summed E-state index contributed by atoms with van der Waals surface area (Å²) in [6, 6.07) is 4.92. The molecule has 0 aromatic carbocycles. The molecule has 1 aliphatic heterocycles. The van der Waals surface area contributed by atoms with Gasteiger partial charge in [-0.05, 0) is 12.1 Å². The topological polar surface area (TPSA) is 114 Å². The molecule has 11 heteroatoms. The predicted octanol–water partition coefficient (Wildman–Crippen LogP) is 1.10. The molecule has 2 aromatic rings. The second-order valence-corrected chi connectivity index (χ2v) is 9.42. The van der Waals surface area contributed by atoms with Crippen molar-refractivity contribution in [3.05, 3.63) is 41.9 Å². The van der Waals surface area contributed by atoms with Gasteiger partial charge in [0.05, 0.1) is 6.61 Å². The third-order valence-electron chi connectivity index (χ3n) is 4.32. The molecule has 1 fully saturated rings. The van der Waals surface area contributed by atoms with E-state index in [4.69, 9.17) is 9.47 Å². The van der Waals surface area contributed by atoms with E-state index in [2.05, 4.69) is 15.3 Å². The van der Waals surface area contributed by atoms with E-state index in [1.165, 1.54) is 16.6 Å². The summed E-state index contributed by atoms with van der Waals surface area (Å²) in [7, 11) is -2.01. The smallest absolute Gasteiger partial charge is 0.268 e. The minimum atomic E-state index is -3.59. The van der Waals surface area contributed by atoms with Gasteiger partial charge in [0.2, 0.25) is 15.9 Å². The molecule has 2 N–H and O–H groups in total. The summed E-state index contributed by atoms with van der Waals surface area (Å²) in [4.78, 5) is 19.5. The Hall–Kier alpha value is -2.08. The molecule has 1 aliphatic rings. The van der Waals surface area contributed by atoms with Crippen molar-refractivity contribution in [2.24, 2.45) is 0 Å². The number of aromatic nitrogens is 2. The van der Waals surface area contributed by atoms with E-state index in [1.807, 2.05) is 0 Å². The van der Waals surface area contributed by atoms with Gasteiger partial charge >= 0.3 is 0 Å². The number of thioether (sulfide) groups is 1. The molecular formula is C18H24N4O5S2. The number of rotatable bonds is 9. The van der Waals surface area contributed by atoms with E-state index in [0.717, 1.165) is 11.5 Å². The van der Waals surface area contributed by atoms with E-state index >= 15 is 0 Å². The Morgan fingerprint density at radius 1 is 1.34 bits per heavy atom. The highest BCUT2D eigenvalue weighted by Gasteiger charge is 2.27. The van der Waals surface area contributed by atoms with Crippen molar-refractivity contribution in [1.82, 2.24) is 19.6 Å². The first-order valence-electron chi connectivity index (χ1n) is 9.12. The molecule has 0 atom stereocenters. The fraction of sp³-hybridized carbons (Fsp3) is 0.444. The predicted molar refractivity (Wildman–Crippen MR) is 110 cm³/mol. The molecule has 1 saturated heterocycles. The van der Waals surface area contributed by atoms with Crippen molar-refractivity contribution in [3.8, 4) is 5.88 Å². The summed E-state index contributed by atoms with van der Waals surface area (Å²) >= 11 is 1.73. The number of carbonyl (C=O) groups is 1. The second kappa shape index (κ2) is 10.1. The van der Waals surface area contributed by atoms with Gasteiger partial charge in [-0.25, -0.2) is 13.4 Å². The zero-order valence-corrected chi connectivity index (χ0v) is 17.7. The SMILES string of the molecule is COCCOc1ncccc1CNC(=O)c1cc(S(=O)(=O)N2CCSCC2)c[nH]1. The summed E-state index contributed by atoms with van der Waals surface area (Å²) < 4.78 is 37.4. The molecule has 3 rings (SSSR count). The number of pyridine rings is 1. The summed E-state index contributed by atoms with van der Waals surface area (Å²) in [5.41, 5.74) is 0.892. The first-order valence-corrected chi connectivity index (χ1v) is 11.7. The van der Waals surface area contributed by atoms with E-state index in [-0.39, 0.29) is 17.1 Å². The molecule has 0 saturated carbocycles. The number of sulfonamides is 1. The van der Waals surface area contributed by atoms with Crippen molar-refractivity contribution < 1.29 is 22.7 Å². The lowest BCUT2D eigenvalue weighted by molar-refractivity contribution is 0.0945. The van der Waals surface area contributed by atoms with Crippen LogP contribution in [0.2, 0.25) is 0 Å². The van der Waals surface area contributed by atoms with Crippen LogP contribution in [0.5, 0.6) is 5.88 Å². The van der Waals surface area contributed by atoms with Gasteiger partial charge in [-0.3, -0.25) is 4.79 Å². The first-order chi connectivity index (χ1) is 14.0. The van der Waals surface area contributed by atoms with Crippen LogP contribution in [0.25, 0.3) is 0 Å². The Labute approximate surface area is 174 Å². The van der Waals surface area contributed by atoms with Crippen molar-refractivity contribution in [2.75, 3.05) is 44.9 Å². The minimum Gasteiger partial charge on any atom is -0.475 e. The van der Waals surface area contributed by atoms with Crippen LogP contribution in [0.4, 0.5) is 0 Å². The van der Waals surface area contributed by atoms with Gasteiger partial charge in [-0.2, -0.15) is 16.1 Å². The second-order valence-electron chi connectivity index (χ2n) is 6.26. The van der Waals surface area contributed by atoms with Gasteiger partial charge < -0.3 is 19.8 Å². The van der Waals surface area contributed by atoms with Crippen molar-refractivity contribution in [3.63, 3.8) is 0 Å². The maximum Gasteiger partial charge on any atom is 0.268 e.